The quantitative estimate of drug-likeness (QED) is 0.709. The molecule has 3 rings (SSSR count). The van der Waals surface area contributed by atoms with Crippen molar-refractivity contribution in [2.75, 3.05) is 5.32 Å². The van der Waals surface area contributed by atoms with E-state index in [4.69, 9.17) is 4.52 Å². The van der Waals surface area contributed by atoms with Gasteiger partial charge in [-0.15, -0.1) is 0 Å². The molecule has 1 aromatic carbocycles. The molecule has 0 spiro atoms. The molecule has 24 heavy (non-hydrogen) atoms. The average molecular weight is 353 g/mol. The molecule has 1 amide bonds. The summed E-state index contributed by atoms with van der Waals surface area (Å²) in [6.07, 6.45) is 0.0535. The van der Waals surface area contributed by atoms with E-state index >= 15 is 0 Å². The zero-order valence-electron chi connectivity index (χ0n) is 12.1. The first-order chi connectivity index (χ1) is 11.5. The van der Waals surface area contributed by atoms with Gasteiger partial charge in [-0.25, -0.2) is 13.2 Å². The third kappa shape index (κ3) is 3.46. The van der Waals surface area contributed by atoms with Crippen LogP contribution in [0.5, 0.6) is 0 Å². The van der Waals surface area contributed by atoms with E-state index in [0.717, 1.165) is 17.7 Å². The fraction of sp³-hybridized carbons (Fsp3) is 0.133. The number of hydrogen-bond acceptors (Lipinski definition) is 5. The number of carbonyl (C=O) groups is 1. The van der Waals surface area contributed by atoms with Crippen molar-refractivity contribution in [3.05, 3.63) is 52.3 Å². The second-order valence-electron chi connectivity index (χ2n) is 4.79. The normalized spacial score (nSPS) is 10.8. The molecule has 0 fully saturated rings. The van der Waals surface area contributed by atoms with Gasteiger partial charge in [0.2, 0.25) is 17.6 Å². The molecule has 0 aliphatic carbocycles. The fourth-order valence-electron chi connectivity index (χ4n) is 1.92. The van der Waals surface area contributed by atoms with Gasteiger partial charge in [-0.3, -0.25) is 4.79 Å². The fourth-order valence-corrected chi connectivity index (χ4v) is 2.56. The predicted octanol–water partition coefficient (Wildman–Crippen LogP) is 3.79. The molecule has 3 aromatic rings. The maximum atomic E-state index is 13.5. The van der Waals surface area contributed by atoms with Gasteiger partial charge >= 0.3 is 0 Å². The molecule has 2 heterocycles. The van der Waals surface area contributed by atoms with Gasteiger partial charge in [-0.2, -0.15) is 16.3 Å². The molecule has 0 saturated heterocycles. The Kier molecular flexibility index (Phi) is 4.61. The lowest BCUT2D eigenvalue weighted by Crippen LogP contribution is -2.14. The summed E-state index contributed by atoms with van der Waals surface area (Å²) in [6.45, 7) is 0. The van der Waals surface area contributed by atoms with Crippen LogP contribution in [0.15, 0.2) is 33.5 Å². The molecule has 9 heteroatoms. The van der Waals surface area contributed by atoms with Crippen LogP contribution in [0, 0.1) is 17.5 Å². The Hall–Kier alpha value is -2.68. The maximum Gasteiger partial charge on any atom is 0.227 e. The van der Waals surface area contributed by atoms with E-state index in [-0.39, 0.29) is 18.7 Å². The number of nitrogens with one attached hydrogen (secondary N) is 1. The molecule has 0 bridgehead atoms. The van der Waals surface area contributed by atoms with E-state index in [0.29, 0.717) is 5.82 Å². The van der Waals surface area contributed by atoms with Crippen LogP contribution in [-0.2, 0) is 11.2 Å². The topological polar surface area (TPSA) is 68.0 Å². The minimum absolute atomic E-state index is 0.0797. The van der Waals surface area contributed by atoms with Crippen molar-refractivity contribution in [2.24, 2.45) is 0 Å². The highest BCUT2D eigenvalue weighted by Crippen LogP contribution is 2.21. The van der Waals surface area contributed by atoms with Crippen molar-refractivity contribution < 1.29 is 22.5 Å². The number of halogens is 3. The maximum absolute atomic E-state index is 13.5. The van der Waals surface area contributed by atoms with Crippen LogP contribution >= 0.6 is 11.3 Å². The molecule has 1 N–H and O–H groups in total. The van der Waals surface area contributed by atoms with Crippen molar-refractivity contribution in [3.63, 3.8) is 0 Å². The number of anilines is 1. The van der Waals surface area contributed by atoms with Crippen LogP contribution in [-0.4, -0.2) is 16.0 Å². The van der Waals surface area contributed by atoms with Crippen molar-refractivity contribution >= 4 is 22.9 Å². The highest BCUT2D eigenvalue weighted by molar-refractivity contribution is 7.08. The van der Waals surface area contributed by atoms with Crippen LogP contribution in [0.4, 0.5) is 18.9 Å². The van der Waals surface area contributed by atoms with Gasteiger partial charge in [0.05, 0.1) is 5.69 Å². The largest absolute Gasteiger partial charge is 0.339 e. The minimum atomic E-state index is -1.63. The Balaban J connectivity index is 1.59. The Morgan fingerprint density at radius 1 is 1.21 bits per heavy atom. The van der Waals surface area contributed by atoms with Gasteiger partial charge in [0, 0.05) is 23.8 Å². The van der Waals surface area contributed by atoms with Crippen LogP contribution in [0.1, 0.15) is 12.3 Å². The van der Waals surface area contributed by atoms with Gasteiger partial charge in [-0.05, 0) is 23.6 Å². The highest BCUT2D eigenvalue weighted by Gasteiger charge is 2.16. The average Bonchev–Trinajstić information content (AvgIpc) is 3.24. The first kappa shape index (κ1) is 16.2. The number of aryl methyl sites for hydroxylation is 1. The molecular weight excluding hydrogens is 343 g/mol. The second-order valence-corrected chi connectivity index (χ2v) is 5.57. The number of rotatable bonds is 5. The summed E-state index contributed by atoms with van der Waals surface area (Å²) in [4.78, 5) is 15.9. The molecule has 5 nitrogen and oxygen atoms in total. The Morgan fingerprint density at radius 2 is 2.04 bits per heavy atom. The third-order valence-corrected chi connectivity index (χ3v) is 3.81. The van der Waals surface area contributed by atoms with E-state index in [9.17, 15) is 18.0 Å². The molecule has 0 saturated carbocycles. The van der Waals surface area contributed by atoms with Crippen molar-refractivity contribution in [2.45, 2.75) is 12.8 Å². The molecule has 0 aliphatic rings. The van der Waals surface area contributed by atoms with Crippen LogP contribution in [0.2, 0.25) is 0 Å². The lowest BCUT2D eigenvalue weighted by Gasteiger charge is -2.06. The third-order valence-electron chi connectivity index (χ3n) is 3.12. The lowest BCUT2D eigenvalue weighted by atomic mass is 10.2. The second kappa shape index (κ2) is 6.83. The number of carbonyl (C=O) groups excluding carboxylic acids is 1. The number of aromatic nitrogens is 2. The number of nitrogens with zero attached hydrogens (tertiary/aromatic N) is 2. The van der Waals surface area contributed by atoms with Gasteiger partial charge in [0.25, 0.3) is 0 Å². The van der Waals surface area contributed by atoms with Crippen molar-refractivity contribution in [3.8, 4) is 11.4 Å². The number of amides is 1. The monoisotopic (exact) mass is 353 g/mol. The minimum Gasteiger partial charge on any atom is -0.339 e. The summed E-state index contributed by atoms with van der Waals surface area (Å²) < 4.78 is 44.4. The highest BCUT2D eigenvalue weighted by atomic mass is 32.1. The Morgan fingerprint density at radius 3 is 2.79 bits per heavy atom. The molecule has 124 valence electrons. The Bertz CT molecular complexity index is 865. The standard InChI is InChI=1S/C15H10F3N3O2S/c16-9-1-2-10(14(18)13(9)17)19-11(22)3-4-12-20-15(21-23-12)8-5-6-24-7-8/h1-2,5-7H,3-4H2,(H,19,22). The first-order valence-corrected chi connectivity index (χ1v) is 7.77. The smallest absolute Gasteiger partial charge is 0.227 e. The number of thiophene rings is 1. The summed E-state index contributed by atoms with van der Waals surface area (Å²) in [5.41, 5.74) is 0.381. The zero-order valence-corrected chi connectivity index (χ0v) is 12.9. The lowest BCUT2D eigenvalue weighted by molar-refractivity contribution is -0.116. The molecular formula is C15H10F3N3O2S. The molecule has 2 aromatic heterocycles. The summed E-state index contributed by atoms with van der Waals surface area (Å²) in [6, 6.07) is 3.52. The first-order valence-electron chi connectivity index (χ1n) is 6.83. The predicted molar refractivity (Wildman–Crippen MR) is 80.9 cm³/mol. The number of benzene rings is 1. The van der Waals surface area contributed by atoms with Gasteiger partial charge in [-0.1, -0.05) is 5.16 Å². The van der Waals surface area contributed by atoms with E-state index < -0.39 is 29.0 Å². The van der Waals surface area contributed by atoms with Crippen LogP contribution in [0.3, 0.4) is 0 Å². The van der Waals surface area contributed by atoms with Gasteiger partial charge in [0.1, 0.15) is 0 Å². The molecule has 0 unspecified atom stereocenters. The Labute approximate surface area is 138 Å². The summed E-state index contributed by atoms with van der Waals surface area (Å²) in [5, 5.41) is 9.69. The zero-order chi connectivity index (χ0) is 17.1. The van der Waals surface area contributed by atoms with E-state index in [1.807, 2.05) is 16.8 Å². The summed E-state index contributed by atoms with van der Waals surface area (Å²) in [5.74, 6) is -4.33. The van der Waals surface area contributed by atoms with Crippen LogP contribution < -0.4 is 5.32 Å². The van der Waals surface area contributed by atoms with Crippen LogP contribution in [0.25, 0.3) is 11.4 Å². The van der Waals surface area contributed by atoms with Crippen molar-refractivity contribution in [1.82, 2.24) is 10.1 Å². The summed E-state index contributed by atoms with van der Waals surface area (Å²) >= 11 is 1.49. The molecule has 0 atom stereocenters. The van der Waals surface area contributed by atoms with E-state index in [1.165, 1.54) is 11.3 Å². The molecule has 0 radical (unpaired) electrons. The number of hydrogen-bond donors (Lipinski definition) is 1. The molecule has 0 aliphatic heterocycles. The van der Waals surface area contributed by atoms with Gasteiger partial charge < -0.3 is 9.84 Å². The summed E-state index contributed by atoms with van der Waals surface area (Å²) in [7, 11) is 0. The van der Waals surface area contributed by atoms with E-state index in [1.54, 1.807) is 0 Å². The van der Waals surface area contributed by atoms with E-state index in [2.05, 4.69) is 15.5 Å². The SMILES string of the molecule is O=C(CCc1nc(-c2ccsc2)no1)Nc1ccc(F)c(F)c1F. The van der Waals surface area contributed by atoms with Crippen molar-refractivity contribution in [1.29, 1.82) is 0 Å². The van der Waals surface area contributed by atoms with Gasteiger partial charge in [0.15, 0.2) is 17.5 Å².